The number of carbonyl (C=O) groups is 1. The van der Waals surface area contributed by atoms with E-state index < -0.39 is 0 Å². The van der Waals surface area contributed by atoms with Crippen molar-refractivity contribution in [3.8, 4) is 0 Å². The first-order valence-corrected chi connectivity index (χ1v) is 10.2. The monoisotopic (exact) mass is 341 g/mol. The van der Waals surface area contributed by atoms with Crippen molar-refractivity contribution in [3.63, 3.8) is 0 Å². The largest absolute Gasteiger partial charge is 0.334 e. The molecule has 3 nitrogen and oxygen atoms in total. The van der Waals surface area contributed by atoms with Gasteiger partial charge in [0.2, 0.25) is 0 Å². The second-order valence-electron chi connectivity index (χ2n) is 9.41. The number of benzene rings is 1. The van der Waals surface area contributed by atoms with E-state index in [2.05, 4.69) is 31.4 Å². The fourth-order valence-corrected chi connectivity index (χ4v) is 6.35. The molecule has 2 atom stereocenters. The molecule has 4 bridgehead atoms. The zero-order chi connectivity index (χ0) is 17.6. The fraction of sp³-hybridized carbons (Fsp3) is 0.682. The number of nitrogens with two attached hydrogens (primary N) is 1. The van der Waals surface area contributed by atoms with E-state index >= 15 is 0 Å². The maximum absolute atomic E-state index is 12.6. The summed E-state index contributed by atoms with van der Waals surface area (Å²) in [5, 5.41) is 5.42. The van der Waals surface area contributed by atoms with E-state index in [0.717, 1.165) is 23.4 Å². The van der Waals surface area contributed by atoms with Gasteiger partial charge in [-0.3, -0.25) is 4.79 Å². The molecule has 0 unspecified atom stereocenters. The molecule has 136 valence electrons. The SMILES string of the molecule is Cc1ccc(NC(=O)[C@H](C)[NH2+][C@@H](C)C23CC4CC(CC(C4)C2)C3)cc1. The lowest BCUT2D eigenvalue weighted by Crippen LogP contribution is -2.98. The molecule has 4 fully saturated rings. The van der Waals surface area contributed by atoms with Gasteiger partial charge in [-0.2, -0.15) is 0 Å². The number of carbonyl (C=O) groups excluding carboxylic acids is 1. The van der Waals surface area contributed by atoms with Crippen molar-refractivity contribution < 1.29 is 10.1 Å². The molecule has 0 saturated heterocycles. The van der Waals surface area contributed by atoms with Gasteiger partial charge < -0.3 is 10.6 Å². The molecule has 3 N–H and O–H groups in total. The molecule has 1 aromatic carbocycles. The first-order valence-electron chi connectivity index (χ1n) is 10.2. The number of hydrogen-bond donors (Lipinski definition) is 2. The van der Waals surface area contributed by atoms with Crippen LogP contribution in [0, 0.1) is 30.1 Å². The summed E-state index contributed by atoms with van der Waals surface area (Å²) in [4.78, 5) is 12.6. The molecule has 5 rings (SSSR count). The van der Waals surface area contributed by atoms with Gasteiger partial charge in [0.25, 0.3) is 5.91 Å². The maximum atomic E-state index is 12.6. The summed E-state index contributed by atoms with van der Waals surface area (Å²) in [5.41, 5.74) is 2.61. The Balaban J connectivity index is 1.37. The summed E-state index contributed by atoms with van der Waals surface area (Å²) in [5.74, 6) is 3.04. The highest BCUT2D eigenvalue weighted by atomic mass is 16.2. The van der Waals surface area contributed by atoms with Crippen LogP contribution in [0.3, 0.4) is 0 Å². The van der Waals surface area contributed by atoms with Crippen LogP contribution in [0.15, 0.2) is 24.3 Å². The molecule has 0 aliphatic heterocycles. The summed E-state index contributed by atoms with van der Waals surface area (Å²) in [6.45, 7) is 6.50. The van der Waals surface area contributed by atoms with Gasteiger partial charge in [0.15, 0.2) is 6.04 Å². The summed E-state index contributed by atoms with van der Waals surface area (Å²) >= 11 is 0. The fourth-order valence-electron chi connectivity index (χ4n) is 6.35. The topological polar surface area (TPSA) is 45.7 Å². The molecule has 0 spiro atoms. The van der Waals surface area contributed by atoms with Crippen LogP contribution in [0.25, 0.3) is 0 Å². The molecule has 1 amide bonds. The Kier molecular flexibility index (Phi) is 4.39. The van der Waals surface area contributed by atoms with Crippen LogP contribution in [-0.4, -0.2) is 18.0 Å². The number of aryl methyl sites for hydroxylation is 1. The molecule has 4 aliphatic rings. The van der Waals surface area contributed by atoms with E-state index in [1.165, 1.54) is 44.1 Å². The van der Waals surface area contributed by atoms with E-state index in [-0.39, 0.29) is 11.9 Å². The molecular formula is C22H33N2O+. The van der Waals surface area contributed by atoms with Crippen LogP contribution >= 0.6 is 0 Å². The number of quaternary nitrogens is 1. The second-order valence-corrected chi connectivity index (χ2v) is 9.41. The predicted octanol–water partition coefficient (Wildman–Crippen LogP) is 3.49. The van der Waals surface area contributed by atoms with Crippen LogP contribution in [0.1, 0.15) is 57.9 Å². The van der Waals surface area contributed by atoms with Crippen LogP contribution < -0.4 is 10.6 Å². The summed E-state index contributed by atoms with van der Waals surface area (Å²) < 4.78 is 0. The number of rotatable bonds is 5. The average Bonchev–Trinajstić information content (AvgIpc) is 2.55. The highest BCUT2D eigenvalue weighted by Gasteiger charge is 2.54. The minimum Gasteiger partial charge on any atom is -0.334 e. The van der Waals surface area contributed by atoms with Gasteiger partial charge in [-0.25, -0.2) is 0 Å². The Morgan fingerprint density at radius 1 is 1.04 bits per heavy atom. The zero-order valence-electron chi connectivity index (χ0n) is 15.9. The molecule has 0 aromatic heterocycles. The highest BCUT2D eigenvalue weighted by Crippen LogP contribution is 2.60. The van der Waals surface area contributed by atoms with Gasteiger partial charge in [-0.15, -0.1) is 0 Å². The minimum atomic E-state index is -0.0377. The second kappa shape index (κ2) is 6.42. The maximum Gasteiger partial charge on any atom is 0.282 e. The van der Waals surface area contributed by atoms with Gasteiger partial charge in [0.05, 0.1) is 6.04 Å². The normalized spacial score (nSPS) is 35.4. The van der Waals surface area contributed by atoms with E-state index in [9.17, 15) is 4.79 Å². The number of hydrogen-bond acceptors (Lipinski definition) is 1. The van der Waals surface area contributed by atoms with Gasteiger partial charge >= 0.3 is 0 Å². The van der Waals surface area contributed by atoms with Crippen LogP contribution in [0.5, 0.6) is 0 Å². The van der Waals surface area contributed by atoms with Crippen LogP contribution in [0.4, 0.5) is 5.69 Å². The third-order valence-corrected chi connectivity index (χ3v) is 7.36. The first kappa shape index (κ1) is 17.1. The predicted molar refractivity (Wildman–Crippen MR) is 101 cm³/mol. The van der Waals surface area contributed by atoms with E-state index in [0.29, 0.717) is 11.5 Å². The van der Waals surface area contributed by atoms with Gasteiger partial charge in [0.1, 0.15) is 0 Å². The van der Waals surface area contributed by atoms with Crippen molar-refractivity contribution in [2.24, 2.45) is 23.2 Å². The Hall–Kier alpha value is -1.35. The van der Waals surface area contributed by atoms with Crippen LogP contribution in [-0.2, 0) is 4.79 Å². The van der Waals surface area contributed by atoms with Gasteiger partial charge in [-0.05, 0) is 89.2 Å². The van der Waals surface area contributed by atoms with Crippen molar-refractivity contribution in [3.05, 3.63) is 29.8 Å². The first-order chi connectivity index (χ1) is 11.9. The smallest absolute Gasteiger partial charge is 0.282 e. The molecule has 25 heavy (non-hydrogen) atoms. The van der Waals surface area contributed by atoms with Crippen molar-refractivity contribution in [1.82, 2.24) is 0 Å². The third kappa shape index (κ3) is 3.36. The molecule has 1 aromatic rings. The standard InChI is InChI=1S/C22H32N2O/c1-14-4-6-20(7-5-14)24-21(25)15(2)23-16(3)22-11-17-8-18(12-22)10-19(9-17)13-22/h4-7,15-19,23H,8-13H2,1-3H3,(H,24,25)/p+1/t15-,16-,17?,18?,19?,22?/m0/s1. The molecule has 3 heteroatoms. The molecule has 0 heterocycles. The van der Waals surface area contributed by atoms with E-state index in [1.807, 2.05) is 24.3 Å². The summed E-state index contributed by atoms with van der Waals surface area (Å²) in [6.07, 6.45) is 8.66. The Bertz CT molecular complexity index is 601. The molecule has 0 radical (unpaired) electrons. The lowest BCUT2D eigenvalue weighted by atomic mass is 9.48. The molecular weight excluding hydrogens is 308 g/mol. The zero-order valence-corrected chi connectivity index (χ0v) is 15.9. The summed E-state index contributed by atoms with van der Waals surface area (Å²) in [6, 6.07) is 8.57. The van der Waals surface area contributed by atoms with Crippen molar-refractivity contribution in [2.75, 3.05) is 5.32 Å². The lowest BCUT2D eigenvalue weighted by molar-refractivity contribution is -0.718. The third-order valence-electron chi connectivity index (χ3n) is 7.36. The minimum absolute atomic E-state index is 0.0377. The van der Waals surface area contributed by atoms with Crippen molar-refractivity contribution >= 4 is 11.6 Å². The average molecular weight is 342 g/mol. The Labute approximate surface area is 152 Å². The van der Waals surface area contributed by atoms with Gasteiger partial charge in [0, 0.05) is 11.1 Å². The van der Waals surface area contributed by atoms with Gasteiger partial charge in [-0.1, -0.05) is 17.7 Å². The number of anilines is 1. The highest BCUT2D eigenvalue weighted by molar-refractivity contribution is 5.93. The van der Waals surface area contributed by atoms with Crippen LogP contribution in [0.2, 0.25) is 0 Å². The van der Waals surface area contributed by atoms with Crippen molar-refractivity contribution in [1.29, 1.82) is 0 Å². The Morgan fingerprint density at radius 3 is 2.08 bits per heavy atom. The van der Waals surface area contributed by atoms with E-state index in [1.54, 1.807) is 0 Å². The van der Waals surface area contributed by atoms with E-state index in [4.69, 9.17) is 0 Å². The Morgan fingerprint density at radius 2 is 1.56 bits per heavy atom. The number of nitrogens with one attached hydrogen (secondary N) is 1. The lowest BCUT2D eigenvalue weighted by Gasteiger charge is -2.58. The quantitative estimate of drug-likeness (QED) is 0.846. The summed E-state index contributed by atoms with van der Waals surface area (Å²) in [7, 11) is 0. The molecule has 4 saturated carbocycles. The number of amides is 1. The van der Waals surface area contributed by atoms with Crippen molar-refractivity contribution in [2.45, 2.75) is 71.4 Å². The molecule has 4 aliphatic carbocycles.